The third-order valence-corrected chi connectivity index (χ3v) is 8.00. The fourth-order valence-electron chi connectivity index (χ4n) is 5.15. The molecule has 1 aliphatic heterocycles. The number of thiazole rings is 1. The molecule has 0 bridgehead atoms. The lowest BCUT2D eigenvalue weighted by Gasteiger charge is -2.31. The number of nitrogens with one attached hydrogen (secondary N) is 1. The van der Waals surface area contributed by atoms with E-state index in [1.807, 2.05) is 41.8 Å². The van der Waals surface area contributed by atoms with Gasteiger partial charge in [-0.1, -0.05) is 48.5 Å². The molecule has 10 heteroatoms. The fourth-order valence-corrected chi connectivity index (χ4v) is 5.88. The Kier molecular flexibility index (Phi) is 9.88. The molecule has 2 amide bonds. The lowest BCUT2D eigenvalue weighted by atomic mass is 9.99. The Balaban J connectivity index is 1.49. The topological polar surface area (TPSA) is 115 Å². The molecule has 1 unspecified atom stereocenters. The zero-order chi connectivity index (χ0) is 29.5. The molecule has 0 radical (unpaired) electrons. The summed E-state index contributed by atoms with van der Waals surface area (Å²) in [6.07, 6.45) is -1.15. The summed E-state index contributed by atoms with van der Waals surface area (Å²) in [5.74, 6) is -2.87. The van der Waals surface area contributed by atoms with Gasteiger partial charge in [-0.05, 0) is 48.9 Å². The molecule has 0 aliphatic carbocycles. The van der Waals surface area contributed by atoms with E-state index in [1.165, 1.54) is 28.0 Å². The Morgan fingerprint density at radius 3 is 2.29 bits per heavy atom. The highest BCUT2D eigenvalue weighted by Crippen LogP contribution is 2.33. The Hall–Kier alpha value is -4.05. The Morgan fingerprint density at radius 1 is 0.976 bits per heavy atom. The van der Waals surface area contributed by atoms with Crippen molar-refractivity contribution in [1.82, 2.24) is 15.2 Å². The zero-order valence-electron chi connectivity index (χ0n) is 23.7. The van der Waals surface area contributed by atoms with Crippen LogP contribution in [0.25, 0.3) is 0 Å². The predicted molar refractivity (Wildman–Crippen MR) is 154 cm³/mol. The van der Waals surface area contributed by atoms with E-state index in [2.05, 4.69) is 36.3 Å². The van der Waals surface area contributed by atoms with Crippen LogP contribution in [0, 0.1) is 13.8 Å². The molecule has 1 aliphatic rings. The van der Waals surface area contributed by atoms with E-state index >= 15 is 0 Å². The summed E-state index contributed by atoms with van der Waals surface area (Å²) in [6.45, 7) is 6.90. The summed E-state index contributed by atoms with van der Waals surface area (Å²) in [6, 6.07) is 15.4. The van der Waals surface area contributed by atoms with Gasteiger partial charge in [0, 0.05) is 32.2 Å². The number of nitrogens with zero attached hydrogens (tertiary/aromatic N) is 2. The highest BCUT2D eigenvalue weighted by molar-refractivity contribution is 7.09. The van der Waals surface area contributed by atoms with Crippen molar-refractivity contribution >= 4 is 35.1 Å². The summed E-state index contributed by atoms with van der Waals surface area (Å²) in [5, 5.41) is 5.31. The maximum absolute atomic E-state index is 13.8. The van der Waals surface area contributed by atoms with E-state index in [0.29, 0.717) is 18.0 Å². The second-order valence-electron chi connectivity index (χ2n) is 10.2. The smallest absolute Gasteiger partial charge is 0.303 e. The van der Waals surface area contributed by atoms with E-state index < -0.39 is 36.0 Å². The minimum absolute atomic E-state index is 0.0609. The molecule has 2 heterocycles. The molecular weight excluding hydrogens is 542 g/mol. The standard InChI is InChI=1S/C31H35N3O6S/c1-19-10-8-11-20(2)25(19)16-24-18-41-27(33-24)17-32-30(37)28(39-21(3)35)29(40-22(4)36)31(38)34-15-9-14-26(34)23-12-6-5-7-13-23/h5-8,10-13,18,26,28-29H,9,14-17H2,1-4H3,(H,32,37)/t26?,28-,29-/m1/s1. The summed E-state index contributed by atoms with van der Waals surface area (Å²) < 4.78 is 10.7. The van der Waals surface area contributed by atoms with Gasteiger partial charge in [-0.2, -0.15) is 0 Å². The molecule has 1 fully saturated rings. The first kappa shape index (κ1) is 29.9. The Bertz CT molecular complexity index is 1390. The molecule has 9 nitrogen and oxygen atoms in total. The van der Waals surface area contributed by atoms with Gasteiger partial charge in [0.1, 0.15) is 5.01 Å². The number of hydrogen-bond acceptors (Lipinski definition) is 8. The predicted octanol–water partition coefficient (Wildman–Crippen LogP) is 4.19. The van der Waals surface area contributed by atoms with E-state index in [-0.39, 0.29) is 12.6 Å². The number of benzene rings is 2. The molecule has 3 aromatic rings. The van der Waals surface area contributed by atoms with Gasteiger partial charge in [-0.3, -0.25) is 19.2 Å². The normalized spacial score (nSPS) is 16.1. The van der Waals surface area contributed by atoms with Gasteiger partial charge >= 0.3 is 11.9 Å². The number of ether oxygens (including phenoxy) is 2. The fraction of sp³-hybridized carbons (Fsp3) is 0.387. The van der Waals surface area contributed by atoms with Gasteiger partial charge in [-0.15, -0.1) is 11.3 Å². The number of esters is 2. The van der Waals surface area contributed by atoms with Gasteiger partial charge < -0.3 is 19.7 Å². The van der Waals surface area contributed by atoms with Gasteiger partial charge in [0.2, 0.25) is 12.2 Å². The maximum Gasteiger partial charge on any atom is 0.303 e. The highest BCUT2D eigenvalue weighted by Gasteiger charge is 2.44. The van der Waals surface area contributed by atoms with Crippen LogP contribution in [0.1, 0.15) is 65.7 Å². The molecule has 4 rings (SSSR count). The van der Waals surface area contributed by atoms with Gasteiger partial charge in [0.15, 0.2) is 0 Å². The van der Waals surface area contributed by atoms with Crippen molar-refractivity contribution in [2.45, 2.75) is 71.8 Å². The van der Waals surface area contributed by atoms with Crippen molar-refractivity contribution in [3.8, 4) is 0 Å². The van der Waals surface area contributed by atoms with Gasteiger partial charge in [-0.25, -0.2) is 4.98 Å². The first-order valence-electron chi connectivity index (χ1n) is 13.6. The van der Waals surface area contributed by atoms with Gasteiger partial charge in [0.25, 0.3) is 11.8 Å². The van der Waals surface area contributed by atoms with Crippen molar-refractivity contribution in [2.24, 2.45) is 0 Å². The third-order valence-electron chi connectivity index (χ3n) is 7.10. The van der Waals surface area contributed by atoms with Gasteiger partial charge in [0.05, 0.1) is 18.3 Å². The number of rotatable bonds is 10. The zero-order valence-corrected chi connectivity index (χ0v) is 24.5. The number of amides is 2. The molecule has 1 aromatic heterocycles. The van der Waals surface area contributed by atoms with E-state index in [9.17, 15) is 19.2 Å². The Morgan fingerprint density at radius 2 is 1.63 bits per heavy atom. The molecule has 3 atom stereocenters. The van der Waals surface area contributed by atoms with Crippen LogP contribution in [0.2, 0.25) is 0 Å². The molecule has 0 saturated carbocycles. The van der Waals surface area contributed by atoms with Crippen LogP contribution in [0.15, 0.2) is 53.9 Å². The van der Waals surface area contributed by atoms with Crippen molar-refractivity contribution in [2.75, 3.05) is 6.54 Å². The SMILES string of the molecule is CC(=O)O[C@@H](C(=O)NCc1nc(Cc2c(C)cccc2C)cs1)[C@@H](OC(C)=O)C(=O)N1CCCC1c1ccccc1. The van der Waals surface area contributed by atoms with Crippen LogP contribution in [-0.4, -0.2) is 52.4 Å². The second kappa shape index (κ2) is 13.5. The van der Waals surface area contributed by atoms with Crippen LogP contribution in [0.5, 0.6) is 0 Å². The van der Waals surface area contributed by atoms with Crippen LogP contribution < -0.4 is 5.32 Å². The monoisotopic (exact) mass is 577 g/mol. The van der Waals surface area contributed by atoms with E-state index in [1.54, 1.807) is 4.90 Å². The second-order valence-corrected chi connectivity index (χ2v) is 11.1. The molecular formula is C31H35N3O6S. The average Bonchev–Trinajstić information content (AvgIpc) is 3.61. The van der Waals surface area contributed by atoms with Crippen molar-refractivity contribution < 1.29 is 28.7 Å². The van der Waals surface area contributed by atoms with Crippen LogP contribution in [0.4, 0.5) is 0 Å². The molecule has 2 aromatic carbocycles. The number of aryl methyl sites for hydroxylation is 2. The lowest BCUT2D eigenvalue weighted by molar-refractivity contribution is -0.178. The first-order valence-corrected chi connectivity index (χ1v) is 14.5. The number of aromatic nitrogens is 1. The van der Waals surface area contributed by atoms with Crippen LogP contribution in [-0.2, 0) is 41.6 Å². The maximum atomic E-state index is 13.8. The third kappa shape index (κ3) is 7.58. The minimum Gasteiger partial charge on any atom is -0.448 e. The van der Waals surface area contributed by atoms with E-state index in [0.717, 1.165) is 37.9 Å². The number of hydrogen-bond donors (Lipinski definition) is 1. The van der Waals surface area contributed by atoms with E-state index in [4.69, 9.17) is 9.47 Å². The van der Waals surface area contributed by atoms with Crippen molar-refractivity contribution in [3.05, 3.63) is 86.9 Å². The summed E-state index contributed by atoms with van der Waals surface area (Å²) >= 11 is 1.40. The number of likely N-dealkylation sites (tertiary alicyclic amines) is 1. The molecule has 41 heavy (non-hydrogen) atoms. The first-order chi connectivity index (χ1) is 19.6. The van der Waals surface area contributed by atoms with Crippen molar-refractivity contribution in [3.63, 3.8) is 0 Å². The average molecular weight is 578 g/mol. The largest absolute Gasteiger partial charge is 0.448 e. The molecule has 1 N–H and O–H groups in total. The molecule has 0 spiro atoms. The van der Waals surface area contributed by atoms with Crippen molar-refractivity contribution in [1.29, 1.82) is 0 Å². The summed E-state index contributed by atoms with van der Waals surface area (Å²) in [4.78, 5) is 57.4. The quantitative estimate of drug-likeness (QED) is 0.359. The highest BCUT2D eigenvalue weighted by atomic mass is 32.1. The molecule has 216 valence electrons. The summed E-state index contributed by atoms with van der Waals surface area (Å²) in [7, 11) is 0. The van der Waals surface area contributed by atoms with Crippen LogP contribution >= 0.6 is 11.3 Å². The minimum atomic E-state index is -1.66. The lowest BCUT2D eigenvalue weighted by Crippen LogP contribution is -2.53. The Labute approximate surface area is 243 Å². The number of carbonyl (C=O) groups excluding carboxylic acids is 4. The molecule has 1 saturated heterocycles. The van der Waals surface area contributed by atoms with Crippen LogP contribution in [0.3, 0.4) is 0 Å². The summed E-state index contributed by atoms with van der Waals surface area (Å²) in [5.41, 5.74) is 5.40. The number of carbonyl (C=O) groups is 4.